The lowest BCUT2D eigenvalue weighted by Crippen LogP contribution is -2.38. The summed E-state index contributed by atoms with van der Waals surface area (Å²) in [6.07, 6.45) is 6.08. The Morgan fingerprint density at radius 3 is 2.73 bits per heavy atom. The molecule has 0 atom stereocenters. The predicted molar refractivity (Wildman–Crippen MR) is 101 cm³/mol. The molecule has 26 heavy (non-hydrogen) atoms. The molecule has 0 spiro atoms. The van der Waals surface area contributed by atoms with Crippen LogP contribution in [-0.2, 0) is 4.79 Å². The van der Waals surface area contributed by atoms with Crippen molar-refractivity contribution in [3.8, 4) is 0 Å². The highest BCUT2D eigenvalue weighted by Crippen LogP contribution is 2.30. The van der Waals surface area contributed by atoms with E-state index in [0.717, 1.165) is 25.7 Å². The number of anilines is 3. The number of halogens is 1. The molecule has 8 heteroatoms. The van der Waals surface area contributed by atoms with Gasteiger partial charge in [-0.25, -0.2) is 14.2 Å². The van der Waals surface area contributed by atoms with Crippen molar-refractivity contribution in [3.63, 3.8) is 0 Å². The zero-order chi connectivity index (χ0) is 18.5. The third-order valence-corrected chi connectivity index (χ3v) is 5.07. The summed E-state index contributed by atoms with van der Waals surface area (Å²) in [4.78, 5) is 29.8. The number of amides is 3. The summed E-state index contributed by atoms with van der Waals surface area (Å²) in [6.45, 7) is 1.86. The normalized spacial score (nSPS) is 14.2. The fourth-order valence-corrected chi connectivity index (χ4v) is 3.69. The second kappa shape index (κ2) is 8.27. The number of benzene rings is 1. The standard InChI is InChI=1S/C18H21FN4O2S/c1-12(24)21-16-10-14(6-7-15(16)19)23(11-13-4-2-3-5-13)18(25)22-17-20-8-9-26-17/h6-10,13H,2-5,11H2,1H3,(H,21,24)(H,20,22,25). The third-order valence-electron chi connectivity index (χ3n) is 4.38. The molecule has 138 valence electrons. The van der Waals surface area contributed by atoms with Gasteiger partial charge in [-0.15, -0.1) is 11.3 Å². The van der Waals surface area contributed by atoms with Crippen LogP contribution in [0.3, 0.4) is 0 Å². The lowest BCUT2D eigenvalue weighted by Gasteiger charge is -2.26. The van der Waals surface area contributed by atoms with Crippen LogP contribution in [0.4, 0.5) is 25.7 Å². The Bertz CT molecular complexity index is 776. The molecule has 6 nitrogen and oxygen atoms in total. The van der Waals surface area contributed by atoms with Crippen LogP contribution in [0.5, 0.6) is 0 Å². The number of thiazole rings is 1. The minimum atomic E-state index is -0.537. The van der Waals surface area contributed by atoms with Gasteiger partial charge in [-0.05, 0) is 37.0 Å². The van der Waals surface area contributed by atoms with E-state index < -0.39 is 5.82 Å². The summed E-state index contributed by atoms with van der Waals surface area (Å²) < 4.78 is 14.0. The number of carbonyl (C=O) groups excluding carboxylic acids is 2. The van der Waals surface area contributed by atoms with Crippen LogP contribution in [0.1, 0.15) is 32.6 Å². The van der Waals surface area contributed by atoms with E-state index in [4.69, 9.17) is 0 Å². The van der Waals surface area contributed by atoms with Gasteiger partial charge in [0.05, 0.1) is 5.69 Å². The first-order valence-corrected chi connectivity index (χ1v) is 9.46. The molecule has 0 bridgehead atoms. The highest BCUT2D eigenvalue weighted by Gasteiger charge is 2.24. The third kappa shape index (κ3) is 4.57. The molecule has 1 aliphatic carbocycles. The van der Waals surface area contributed by atoms with E-state index >= 15 is 0 Å². The van der Waals surface area contributed by atoms with E-state index in [2.05, 4.69) is 15.6 Å². The molecule has 1 aromatic carbocycles. The van der Waals surface area contributed by atoms with E-state index in [0.29, 0.717) is 23.3 Å². The first-order chi connectivity index (χ1) is 12.5. The molecule has 1 aliphatic rings. The predicted octanol–water partition coefficient (Wildman–Crippen LogP) is 4.47. The Labute approximate surface area is 155 Å². The Kier molecular flexibility index (Phi) is 5.82. The van der Waals surface area contributed by atoms with Crippen molar-refractivity contribution in [3.05, 3.63) is 35.6 Å². The molecule has 0 radical (unpaired) electrons. The quantitative estimate of drug-likeness (QED) is 0.808. The maximum absolute atomic E-state index is 14.0. The molecule has 1 aromatic heterocycles. The number of carbonyl (C=O) groups is 2. The number of nitrogens with one attached hydrogen (secondary N) is 2. The highest BCUT2D eigenvalue weighted by atomic mass is 32.1. The van der Waals surface area contributed by atoms with Gasteiger partial charge < -0.3 is 5.32 Å². The van der Waals surface area contributed by atoms with E-state index in [-0.39, 0.29) is 17.6 Å². The number of hydrogen-bond acceptors (Lipinski definition) is 4. The van der Waals surface area contributed by atoms with E-state index in [9.17, 15) is 14.0 Å². The molecule has 1 saturated carbocycles. The number of rotatable bonds is 5. The average molecular weight is 376 g/mol. The van der Waals surface area contributed by atoms with Gasteiger partial charge in [0.1, 0.15) is 5.82 Å². The van der Waals surface area contributed by atoms with Gasteiger partial charge in [-0.1, -0.05) is 12.8 Å². The summed E-state index contributed by atoms with van der Waals surface area (Å²) in [5.74, 6) is -0.493. The monoisotopic (exact) mass is 376 g/mol. The molecular formula is C18H21FN4O2S. The Hall–Kier alpha value is -2.48. The van der Waals surface area contributed by atoms with Crippen LogP contribution in [0, 0.1) is 11.7 Å². The number of nitrogens with zero attached hydrogens (tertiary/aromatic N) is 2. The minimum absolute atomic E-state index is 0.0634. The SMILES string of the molecule is CC(=O)Nc1cc(N(CC2CCCC2)C(=O)Nc2nccs2)ccc1F. The number of urea groups is 1. The smallest absolute Gasteiger partial charge is 0.324 e. The Morgan fingerprint density at radius 2 is 2.08 bits per heavy atom. The van der Waals surface area contributed by atoms with Crippen molar-refractivity contribution in [2.75, 3.05) is 22.1 Å². The van der Waals surface area contributed by atoms with Crippen molar-refractivity contribution in [2.24, 2.45) is 5.92 Å². The molecular weight excluding hydrogens is 355 g/mol. The zero-order valence-electron chi connectivity index (χ0n) is 14.5. The maximum Gasteiger partial charge on any atom is 0.328 e. The summed E-state index contributed by atoms with van der Waals surface area (Å²) >= 11 is 1.33. The van der Waals surface area contributed by atoms with Gasteiger partial charge in [-0.2, -0.15) is 0 Å². The van der Waals surface area contributed by atoms with Gasteiger partial charge in [0.2, 0.25) is 5.91 Å². The van der Waals surface area contributed by atoms with Crippen LogP contribution < -0.4 is 15.5 Å². The van der Waals surface area contributed by atoms with E-state index in [1.165, 1.54) is 30.4 Å². The molecule has 0 saturated heterocycles. The largest absolute Gasteiger partial charge is 0.328 e. The second-order valence-corrected chi connectivity index (χ2v) is 7.27. The van der Waals surface area contributed by atoms with Crippen LogP contribution in [0.25, 0.3) is 0 Å². The second-order valence-electron chi connectivity index (χ2n) is 6.37. The highest BCUT2D eigenvalue weighted by molar-refractivity contribution is 7.13. The van der Waals surface area contributed by atoms with Crippen LogP contribution in [-0.4, -0.2) is 23.5 Å². The first-order valence-electron chi connectivity index (χ1n) is 8.58. The summed E-state index contributed by atoms with van der Waals surface area (Å²) in [6, 6.07) is 4.00. The Balaban J connectivity index is 1.86. The fraction of sp³-hybridized carbons (Fsp3) is 0.389. The van der Waals surface area contributed by atoms with Crippen LogP contribution >= 0.6 is 11.3 Å². The average Bonchev–Trinajstić information content (AvgIpc) is 3.28. The topological polar surface area (TPSA) is 74.3 Å². The molecule has 1 heterocycles. The lowest BCUT2D eigenvalue weighted by atomic mass is 10.1. The molecule has 2 aromatic rings. The van der Waals surface area contributed by atoms with Gasteiger partial charge in [0.15, 0.2) is 5.13 Å². The van der Waals surface area contributed by atoms with E-state index in [1.807, 2.05) is 0 Å². The van der Waals surface area contributed by atoms with Gasteiger partial charge in [0, 0.05) is 30.7 Å². The van der Waals surface area contributed by atoms with Crippen molar-refractivity contribution >= 4 is 39.8 Å². The van der Waals surface area contributed by atoms with Gasteiger partial charge in [-0.3, -0.25) is 15.0 Å². The van der Waals surface area contributed by atoms with Crippen molar-refractivity contribution in [2.45, 2.75) is 32.6 Å². The molecule has 3 amide bonds. The molecule has 3 rings (SSSR count). The maximum atomic E-state index is 14.0. The van der Waals surface area contributed by atoms with Crippen molar-refractivity contribution < 1.29 is 14.0 Å². The fourth-order valence-electron chi connectivity index (χ4n) is 3.17. The molecule has 0 unspecified atom stereocenters. The molecule has 0 aliphatic heterocycles. The summed E-state index contributed by atoms with van der Waals surface area (Å²) in [5, 5.41) is 7.54. The number of hydrogen-bond donors (Lipinski definition) is 2. The molecule has 2 N–H and O–H groups in total. The van der Waals surface area contributed by atoms with E-state index in [1.54, 1.807) is 22.5 Å². The zero-order valence-corrected chi connectivity index (χ0v) is 15.3. The first kappa shape index (κ1) is 18.3. The van der Waals surface area contributed by atoms with Crippen molar-refractivity contribution in [1.29, 1.82) is 0 Å². The summed E-state index contributed by atoms with van der Waals surface area (Å²) in [5.41, 5.74) is 0.601. The van der Waals surface area contributed by atoms with Crippen LogP contribution in [0.2, 0.25) is 0 Å². The lowest BCUT2D eigenvalue weighted by molar-refractivity contribution is -0.114. The van der Waals surface area contributed by atoms with Gasteiger partial charge >= 0.3 is 6.03 Å². The summed E-state index contributed by atoms with van der Waals surface area (Å²) in [7, 11) is 0. The number of aromatic nitrogens is 1. The minimum Gasteiger partial charge on any atom is -0.324 e. The van der Waals surface area contributed by atoms with Crippen LogP contribution in [0.15, 0.2) is 29.8 Å². The molecule has 1 fully saturated rings. The van der Waals surface area contributed by atoms with Crippen molar-refractivity contribution in [1.82, 2.24) is 4.98 Å². The van der Waals surface area contributed by atoms with Gasteiger partial charge in [0.25, 0.3) is 0 Å². The Morgan fingerprint density at radius 1 is 1.31 bits per heavy atom.